The molecule has 1 atom stereocenters. The molecule has 0 saturated carbocycles. The molecule has 0 aliphatic rings. The Balaban J connectivity index is 2.80. The number of nitrogens with zero attached hydrogens (tertiary/aromatic N) is 1. The number of nitro groups is 1. The molecule has 1 aromatic rings. The highest BCUT2D eigenvalue weighted by Crippen LogP contribution is 2.28. The molecule has 0 saturated heterocycles. The lowest BCUT2D eigenvalue weighted by Crippen LogP contribution is -2.33. The zero-order chi connectivity index (χ0) is 13.7. The Labute approximate surface area is 114 Å². The normalized spacial score (nSPS) is 12.5. The highest BCUT2D eigenvalue weighted by Gasteiger charge is 2.17. The number of benzene rings is 1. The number of rotatable bonds is 6. The predicted molar refractivity (Wildman–Crippen MR) is 71.7 cm³/mol. The van der Waals surface area contributed by atoms with E-state index in [1.54, 1.807) is 26.4 Å². The molecule has 1 unspecified atom stereocenters. The smallest absolute Gasteiger partial charge is 0.283 e. The molecule has 18 heavy (non-hydrogen) atoms. The van der Waals surface area contributed by atoms with Crippen molar-refractivity contribution in [3.8, 4) is 0 Å². The number of halogens is 1. The minimum atomic E-state index is -0.440. The van der Waals surface area contributed by atoms with Gasteiger partial charge in [0.2, 0.25) is 0 Å². The van der Waals surface area contributed by atoms with Gasteiger partial charge < -0.3 is 14.8 Å². The van der Waals surface area contributed by atoms with Crippen molar-refractivity contribution in [3.05, 3.63) is 32.8 Å². The maximum atomic E-state index is 10.7. The third-order valence-electron chi connectivity index (χ3n) is 2.41. The van der Waals surface area contributed by atoms with Gasteiger partial charge in [0.25, 0.3) is 5.69 Å². The summed E-state index contributed by atoms with van der Waals surface area (Å²) < 4.78 is 10.7. The fourth-order valence-electron chi connectivity index (χ4n) is 1.58. The van der Waals surface area contributed by atoms with E-state index < -0.39 is 4.92 Å². The molecule has 1 rings (SSSR count). The van der Waals surface area contributed by atoms with E-state index in [2.05, 4.69) is 21.2 Å². The van der Waals surface area contributed by atoms with Crippen LogP contribution < -0.4 is 5.32 Å². The second-order valence-electron chi connectivity index (χ2n) is 3.70. The number of ether oxygens (including phenoxy) is 2. The van der Waals surface area contributed by atoms with Crippen LogP contribution in [0.4, 0.5) is 11.4 Å². The summed E-state index contributed by atoms with van der Waals surface area (Å²) in [7, 11) is 3.11. The van der Waals surface area contributed by atoms with Gasteiger partial charge in [-0.2, -0.15) is 0 Å². The van der Waals surface area contributed by atoms with Crippen LogP contribution in [-0.2, 0) is 9.47 Å². The molecular weight excluding hydrogens is 304 g/mol. The molecule has 0 radical (unpaired) electrons. The second-order valence-corrected chi connectivity index (χ2v) is 4.55. The Hall–Kier alpha value is -1.18. The minimum absolute atomic E-state index is 0.0308. The van der Waals surface area contributed by atoms with Crippen LogP contribution in [0.5, 0.6) is 0 Å². The summed E-state index contributed by atoms with van der Waals surface area (Å²) in [5.41, 5.74) is 0.780. The van der Waals surface area contributed by atoms with Gasteiger partial charge in [-0.3, -0.25) is 10.1 Å². The maximum absolute atomic E-state index is 10.7. The van der Waals surface area contributed by atoms with E-state index in [1.165, 1.54) is 6.07 Å². The standard InChI is InChI=1S/C11H15BrN2O4/c1-7(11(17-2)18-3)13-8-4-5-10(14(15)16)9(12)6-8/h4-7,11,13H,1-3H3. The van der Waals surface area contributed by atoms with Gasteiger partial charge in [-0.15, -0.1) is 0 Å². The van der Waals surface area contributed by atoms with Crippen molar-refractivity contribution in [3.63, 3.8) is 0 Å². The Morgan fingerprint density at radius 2 is 2.00 bits per heavy atom. The fraction of sp³-hybridized carbons (Fsp3) is 0.455. The van der Waals surface area contributed by atoms with Gasteiger partial charge in [-0.05, 0) is 35.0 Å². The Kier molecular flexibility index (Phi) is 5.52. The van der Waals surface area contributed by atoms with Crippen LogP contribution in [0.25, 0.3) is 0 Å². The molecule has 1 aromatic carbocycles. The topological polar surface area (TPSA) is 73.6 Å². The van der Waals surface area contributed by atoms with Crippen molar-refractivity contribution in [1.82, 2.24) is 0 Å². The molecular formula is C11H15BrN2O4. The van der Waals surface area contributed by atoms with E-state index in [4.69, 9.17) is 9.47 Å². The number of nitro benzene ring substituents is 1. The van der Waals surface area contributed by atoms with Gasteiger partial charge in [0.05, 0.1) is 15.4 Å². The van der Waals surface area contributed by atoms with Crippen molar-refractivity contribution in [2.24, 2.45) is 0 Å². The van der Waals surface area contributed by atoms with Crippen molar-refractivity contribution >= 4 is 27.3 Å². The largest absolute Gasteiger partial charge is 0.377 e. The van der Waals surface area contributed by atoms with E-state index in [0.29, 0.717) is 4.47 Å². The molecule has 6 nitrogen and oxygen atoms in total. The molecule has 0 heterocycles. The molecule has 0 aliphatic heterocycles. The van der Waals surface area contributed by atoms with Gasteiger partial charge in [0.15, 0.2) is 6.29 Å². The average molecular weight is 319 g/mol. The van der Waals surface area contributed by atoms with Crippen LogP contribution >= 0.6 is 15.9 Å². The lowest BCUT2D eigenvalue weighted by atomic mass is 10.2. The third-order valence-corrected chi connectivity index (χ3v) is 3.05. The minimum Gasteiger partial charge on any atom is -0.377 e. The van der Waals surface area contributed by atoms with E-state index in [0.717, 1.165) is 5.69 Å². The van der Waals surface area contributed by atoms with E-state index in [9.17, 15) is 10.1 Å². The van der Waals surface area contributed by atoms with Crippen LogP contribution in [0.1, 0.15) is 6.92 Å². The van der Waals surface area contributed by atoms with Crippen molar-refractivity contribution in [2.45, 2.75) is 19.3 Å². The first kappa shape index (κ1) is 14.9. The predicted octanol–water partition coefficient (Wildman–Crippen LogP) is 2.78. The van der Waals surface area contributed by atoms with Crippen LogP contribution in [0, 0.1) is 10.1 Å². The zero-order valence-corrected chi connectivity index (χ0v) is 11.9. The number of anilines is 1. The molecule has 0 amide bonds. The lowest BCUT2D eigenvalue weighted by Gasteiger charge is -2.23. The summed E-state index contributed by atoms with van der Waals surface area (Å²) in [6, 6.07) is 4.64. The fourth-order valence-corrected chi connectivity index (χ4v) is 2.10. The van der Waals surface area contributed by atoms with Crippen LogP contribution in [0.15, 0.2) is 22.7 Å². The highest BCUT2D eigenvalue weighted by atomic mass is 79.9. The molecule has 7 heteroatoms. The summed E-state index contributed by atoms with van der Waals surface area (Å²) in [4.78, 5) is 10.2. The van der Waals surface area contributed by atoms with Gasteiger partial charge in [0, 0.05) is 26.0 Å². The summed E-state index contributed by atoms with van der Waals surface area (Å²) in [6.45, 7) is 1.90. The lowest BCUT2D eigenvalue weighted by molar-refractivity contribution is -0.385. The molecule has 0 bridgehead atoms. The maximum Gasteiger partial charge on any atom is 0.283 e. The molecule has 1 N–H and O–H groups in total. The molecule has 0 spiro atoms. The van der Waals surface area contributed by atoms with Crippen molar-refractivity contribution in [2.75, 3.05) is 19.5 Å². The van der Waals surface area contributed by atoms with Crippen LogP contribution in [0.3, 0.4) is 0 Å². The SMILES string of the molecule is COC(OC)C(C)Nc1ccc([N+](=O)[O-])c(Br)c1. The second kappa shape index (κ2) is 6.67. The Morgan fingerprint density at radius 3 is 2.44 bits per heavy atom. The number of methoxy groups -OCH3 is 2. The highest BCUT2D eigenvalue weighted by molar-refractivity contribution is 9.10. The van der Waals surface area contributed by atoms with Crippen molar-refractivity contribution < 1.29 is 14.4 Å². The molecule has 0 aromatic heterocycles. The summed E-state index contributed by atoms with van der Waals surface area (Å²) in [5.74, 6) is 0. The summed E-state index contributed by atoms with van der Waals surface area (Å²) in [5, 5.41) is 13.8. The van der Waals surface area contributed by atoms with Gasteiger partial charge >= 0.3 is 0 Å². The summed E-state index contributed by atoms with van der Waals surface area (Å²) >= 11 is 3.16. The van der Waals surface area contributed by atoms with E-state index in [-0.39, 0.29) is 18.0 Å². The monoisotopic (exact) mass is 318 g/mol. The number of hydrogen-bond acceptors (Lipinski definition) is 5. The third kappa shape index (κ3) is 3.66. The Morgan fingerprint density at radius 1 is 1.39 bits per heavy atom. The van der Waals surface area contributed by atoms with Crippen LogP contribution in [0.2, 0.25) is 0 Å². The van der Waals surface area contributed by atoms with Gasteiger partial charge in [-0.1, -0.05) is 0 Å². The quantitative estimate of drug-likeness (QED) is 0.496. The van der Waals surface area contributed by atoms with Gasteiger partial charge in [0.1, 0.15) is 0 Å². The van der Waals surface area contributed by atoms with Crippen LogP contribution in [-0.4, -0.2) is 31.5 Å². The van der Waals surface area contributed by atoms with E-state index >= 15 is 0 Å². The first-order valence-electron chi connectivity index (χ1n) is 5.25. The molecule has 0 aliphatic carbocycles. The zero-order valence-electron chi connectivity index (χ0n) is 10.3. The van der Waals surface area contributed by atoms with Crippen molar-refractivity contribution in [1.29, 1.82) is 0 Å². The van der Waals surface area contributed by atoms with Gasteiger partial charge in [-0.25, -0.2) is 0 Å². The number of hydrogen-bond donors (Lipinski definition) is 1. The summed E-state index contributed by atoms with van der Waals surface area (Å²) in [6.07, 6.45) is -0.390. The first-order chi connectivity index (χ1) is 8.49. The molecule has 100 valence electrons. The van der Waals surface area contributed by atoms with E-state index in [1.807, 2.05) is 6.92 Å². The average Bonchev–Trinajstić information content (AvgIpc) is 2.30. The first-order valence-corrected chi connectivity index (χ1v) is 6.05. The number of nitrogens with one attached hydrogen (secondary N) is 1. The molecule has 0 fully saturated rings. The Bertz CT molecular complexity index is 424.